The molecular formula is C30H43N3O4. The van der Waals surface area contributed by atoms with Gasteiger partial charge in [0.2, 0.25) is 0 Å². The van der Waals surface area contributed by atoms with E-state index in [2.05, 4.69) is 34.6 Å². The van der Waals surface area contributed by atoms with Gasteiger partial charge in [0.05, 0.1) is 18.8 Å². The van der Waals surface area contributed by atoms with E-state index in [0.717, 1.165) is 41.9 Å². The zero-order valence-electron chi connectivity index (χ0n) is 22.3. The van der Waals surface area contributed by atoms with E-state index in [1.807, 2.05) is 43.3 Å². The second kappa shape index (κ2) is 13.9. The van der Waals surface area contributed by atoms with Crippen molar-refractivity contribution in [3.63, 3.8) is 0 Å². The highest BCUT2D eigenvalue weighted by Crippen LogP contribution is 2.42. The lowest BCUT2D eigenvalue weighted by Crippen LogP contribution is -2.45. The molecule has 0 bridgehead atoms. The van der Waals surface area contributed by atoms with Crippen molar-refractivity contribution in [2.75, 3.05) is 26.2 Å². The molecule has 37 heavy (non-hydrogen) atoms. The summed E-state index contributed by atoms with van der Waals surface area (Å²) in [5.41, 5.74) is 4.00. The molecule has 2 aromatic rings. The summed E-state index contributed by atoms with van der Waals surface area (Å²) in [6.07, 6.45) is 5.93. The van der Waals surface area contributed by atoms with Crippen LogP contribution in [0.15, 0.2) is 48.5 Å². The number of carbonyl (C=O) groups excluding carboxylic acids is 1. The number of nitrogens with one attached hydrogen (secondary N) is 2. The highest BCUT2D eigenvalue weighted by molar-refractivity contribution is 5.73. The van der Waals surface area contributed by atoms with Gasteiger partial charge in [-0.05, 0) is 49.5 Å². The maximum atomic E-state index is 11.7. The lowest BCUT2D eigenvalue weighted by molar-refractivity contribution is -0.276. The molecule has 0 aliphatic carbocycles. The van der Waals surface area contributed by atoms with Gasteiger partial charge in [0, 0.05) is 31.1 Å². The molecule has 0 saturated carbocycles. The molecule has 2 aromatic carbocycles. The van der Waals surface area contributed by atoms with Crippen molar-refractivity contribution in [2.45, 2.75) is 77.6 Å². The number of amides is 2. The molecule has 2 aliphatic rings. The number of ether oxygens (including phenoxy) is 2. The average Bonchev–Trinajstić information content (AvgIpc) is 2.90. The molecule has 3 N–H and O–H groups in total. The molecule has 0 spiro atoms. The van der Waals surface area contributed by atoms with Crippen molar-refractivity contribution in [1.82, 2.24) is 15.5 Å². The fourth-order valence-electron chi connectivity index (χ4n) is 5.28. The van der Waals surface area contributed by atoms with Gasteiger partial charge < -0.3 is 30.1 Å². The highest BCUT2D eigenvalue weighted by atomic mass is 16.7. The van der Waals surface area contributed by atoms with Gasteiger partial charge in [-0.1, -0.05) is 74.7 Å². The van der Waals surface area contributed by atoms with Crippen molar-refractivity contribution in [1.29, 1.82) is 0 Å². The fourth-order valence-corrected chi connectivity index (χ4v) is 5.28. The Bertz CT molecular complexity index is 958. The molecule has 0 aromatic heterocycles. The number of nitrogens with zero attached hydrogens (tertiary/aromatic N) is 1. The molecular weight excluding hydrogens is 466 g/mol. The van der Waals surface area contributed by atoms with Crippen LogP contribution >= 0.6 is 0 Å². The Kier molecular flexibility index (Phi) is 10.4. The Labute approximate surface area is 221 Å². The average molecular weight is 510 g/mol. The molecule has 202 valence electrons. The Morgan fingerprint density at radius 3 is 2.16 bits per heavy atom. The summed E-state index contributed by atoms with van der Waals surface area (Å²) < 4.78 is 13.2. The molecule has 2 aliphatic heterocycles. The predicted molar refractivity (Wildman–Crippen MR) is 145 cm³/mol. The molecule has 2 saturated heterocycles. The number of benzene rings is 2. The molecule has 4 atom stereocenters. The van der Waals surface area contributed by atoms with E-state index in [9.17, 15) is 9.90 Å². The molecule has 7 nitrogen and oxygen atoms in total. The third-order valence-corrected chi connectivity index (χ3v) is 7.55. The van der Waals surface area contributed by atoms with E-state index in [0.29, 0.717) is 13.1 Å². The van der Waals surface area contributed by atoms with Crippen LogP contribution in [0.2, 0.25) is 0 Å². The van der Waals surface area contributed by atoms with Crippen molar-refractivity contribution in [3.05, 3.63) is 70.8 Å². The van der Waals surface area contributed by atoms with E-state index in [1.54, 1.807) is 0 Å². The van der Waals surface area contributed by atoms with E-state index in [-0.39, 0.29) is 30.8 Å². The van der Waals surface area contributed by atoms with Crippen molar-refractivity contribution in [2.24, 2.45) is 5.92 Å². The molecule has 2 fully saturated rings. The van der Waals surface area contributed by atoms with Gasteiger partial charge in [0.1, 0.15) is 0 Å². The third-order valence-electron chi connectivity index (χ3n) is 7.55. The Morgan fingerprint density at radius 2 is 1.51 bits per heavy atom. The van der Waals surface area contributed by atoms with Gasteiger partial charge >= 0.3 is 6.03 Å². The molecule has 4 rings (SSSR count). The zero-order valence-corrected chi connectivity index (χ0v) is 22.3. The number of urea groups is 1. The first-order chi connectivity index (χ1) is 18.1. The summed E-state index contributed by atoms with van der Waals surface area (Å²) in [4.78, 5) is 14.3. The van der Waals surface area contributed by atoms with Crippen molar-refractivity contribution < 1.29 is 19.4 Å². The minimum atomic E-state index is -0.469. The quantitative estimate of drug-likeness (QED) is 0.464. The fraction of sp³-hybridized carbons (Fsp3) is 0.567. The van der Waals surface area contributed by atoms with Gasteiger partial charge in [-0.15, -0.1) is 0 Å². The molecule has 2 amide bonds. The topological polar surface area (TPSA) is 83.1 Å². The van der Waals surface area contributed by atoms with Crippen LogP contribution in [0, 0.1) is 5.92 Å². The van der Waals surface area contributed by atoms with Gasteiger partial charge in [0.25, 0.3) is 0 Å². The minimum Gasteiger partial charge on any atom is -0.392 e. The second-order valence-corrected chi connectivity index (χ2v) is 10.3. The van der Waals surface area contributed by atoms with E-state index in [1.165, 1.54) is 32.1 Å². The lowest BCUT2D eigenvalue weighted by atomic mass is 9.89. The van der Waals surface area contributed by atoms with Crippen molar-refractivity contribution in [3.8, 4) is 0 Å². The van der Waals surface area contributed by atoms with Crippen LogP contribution in [-0.4, -0.2) is 48.3 Å². The Hall–Kier alpha value is -2.45. The second-order valence-electron chi connectivity index (χ2n) is 10.3. The summed E-state index contributed by atoms with van der Waals surface area (Å²) in [6, 6.07) is 16.0. The first kappa shape index (κ1) is 27.6. The molecule has 0 unspecified atom stereocenters. The lowest BCUT2D eigenvalue weighted by Gasteiger charge is -2.43. The summed E-state index contributed by atoms with van der Waals surface area (Å²) in [5, 5.41) is 15.1. The monoisotopic (exact) mass is 509 g/mol. The number of hydrogen-bond acceptors (Lipinski definition) is 5. The van der Waals surface area contributed by atoms with Gasteiger partial charge in [-0.3, -0.25) is 0 Å². The van der Waals surface area contributed by atoms with E-state index in [4.69, 9.17) is 9.47 Å². The summed E-state index contributed by atoms with van der Waals surface area (Å²) >= 11 is 0. The maximum absolute atomic E-state index is 11.7. The van der Waals surface area contributed by atoms with Crippen LogP contribution in [0.1, 0.15) is 80.6 Å². The van der Waals surface area contributed by atoms with Crippen LogP contribution in [-0.2, 0) is 22.6 Å². The van der Waals surface area contributed by atoms with E-state index < -0.39 is 6.29 Å². The van der Waals surface area contributed by atoms with Gasteiger partial charge in [0.15, 0.2) is 6.29 Å². The van der Waals surface area contributed by atoms with Crippen molar-refractivity contribution >= 4 is 6.03 Å². The highest BCUT2D eigenvalue weighted by Gasteiger charge is 2.39. The summed E-state index contributed by atoms with van der Waals surface area (Å²) in [6.45, 7) is 8.38. The summed E-state index contributed by atoms with van der Waals surface area (Å²) in [5.74, 6) is 0.183. The Balaban J connectivity index is 1.50. The number of hydrogen-bond donors (Lipinski definition) is 3. The number of likely N-dealkylation sites (tertiary alicyclic amines) is 1. The van der Waals surface area contributed by atoms with Gasteiger partial charge in [-0.2, -0.15) is 0 Å². The number of rotatable bonds is 8. The van der Waals surface area contributed by atoms with Crippen LogP contribution in [0.4, 0.5) is 4.79 Å². The Morgan fingerprint density at radius 1 is 0.892 bits per heavy atom. The summed E-state index contributed by atoms with van der Waals surface area (Å²) in [7, 11) is 0. The molecule has 7 heteroatoms. The SMILES string of the molecule is CCNC(=O)NCc1ccc([C@@H]2O[C@H](CN3CCCCCCC3)[C@H](C)[C@H](c3ccc(CO)cc3)O2)cc1. The predicted octanol–water partition coefficient (Wildman–Crippen LogP) is 5.06. The van der Waals surface area contributed by atoms with Crippen LogP contribution < -0.4 is 10.6 Å². The first-order valence-corrected chi connectivity index (χ1v) is 13.9. The number of aliphatic hydroxyl groups excluding tert-OH is 1. The molecule has 2 heterocycles. The van der Waals surface area contributed by atoms with Crippen LogP contribution in [0.5, 0.6) is 0 Å². The standard InChI is InChI=1S/C30H43N3O4/c1-3-31-30(35)32-19-23-9-15-26(16-10-23)29-36-27(20-33-17-7-5-4-6-8-18-33)22(2)28(37-29)25-13-11-24(21-34)12-14-25/h9-16,22,27-29,34H,3-8,17-21H2,1-2H3,(H2,31,32,35)/t22-,27+,28+,29+/m0/s1. The largest absolute Gasteiger partial charge is 0.392 e. The molecule has 0 radical (unpaired) electrons. The minimum absolute atomic E-state index is 0.0337. The number of carbonyl (C=O) groups is 1. The zero-order chi connectivity index (χ0) is 26.0. The first-order valence-electron chi connectivity index (χ1n) is 13.9. The van der Waals surface area contributed by atoms with Crippen LogP contribution in [0.25, 0.3) is 0 Å². The van der Waals surface area contributed by atoms with E-state index >= 15 is 0 Å². The normalized spacial score (nSPS) is 25.2. The maximum Gasteiger partial charge on any atom is 0.315 e. The number of aliphatic hydroxyl groups is 1. The smallest absolute Gasteiger partial charge is 0.315 e. The third kappa shape index (κ3) is 7.77. The van der Waals surface area contributed by atoms with Gasteiger partial charge in [-0.25, -0.2) is 4.79 Å². The van der Waals surface area contributed by atoms with Crippen LogP contribution in [0.3, 0.4) is 0 Å².